The molecule has 0 bridgehead atoms. The summed E-state index contributed by atoms with van der Waals surface area (Å²) in [5.41, 5.74) is 0.895. The van der Waals surface area contributed by atoms with E-state index in [9.17, 15) is 4.79 Å². The summed E-state index contributed by atoms with van der Waals surface area (Å²) < 4.78 is 5.46. The van der Waals surface area contributed by atoms with Gasteiger partial charge in [-0.05, 0) is 37.6 Å². The van der Waals surface area contributed by atoms with Crippen molar-refractivity contribution in [2.75, 3.05) is 13.2 Å². The van der Waals surface area contributed by atoms with Gasteiger partial charge >= 0.3 is 0 Å². The van der Waals surface area contributed by atoms with Gasteiger partial charge in [0.2, 0.25) is 0 Å². The largest absolute Gasteiger partial charge is 0.481 e. The van der Waals surface area contributed by atoms with E-state index in [4.69, 9.17) is 21.4 Å². The Bertz CT molecular complexity index is 395. The molecule has 0 saturated carbocycles. The van der Waals surface area contributed by atoms with Gasteiger partial charge in [0.05, 0.1) is 6.61 Å². The average molecular weight is 258 g/mol. The second-order valence-electron chi connectivity index (χ2n) is 3.69. The number of aryl methyl sites for hydroxylation is 1. The molecule has 0 aliphatic carbocycles. The Balaban J connectivity index is 2.58. The number of benzene rings is 1. The van der Waals surface area contributed by atoms with E-state index in [0.717, 1.165) is 5.56 Å². The minimum Gasteiger partial charge on any atom is -0.481 e. The molecule has 1 atom stereocenters. The van der Waals surface area contributed by atoms with Crippen molar-refractivity contribution < 1.29 is 14.6 Å². The molecule has 0 aliphatic rings. The molecule has 1 rings (SSSR count). The summed E-state index contributed by atoms with van der Waals surface area (Å²) >= 11 is 5.89. The van der Waals surface area contributed by atoms with Crippen LogP contribution in [0.2, 0.25) is 5.02 Å². The number of aliphatic hydroxyl groups is 1. The normalized spacial score (nSPS) is 12.0. The monoisotopic (exact) mass is 257 g/mol. The van der Waals surface area contributed by atoms with Crippen LogP contribution in [-0.2, 0) is 4.79 Å². The Hall–Kier alpha value is -1.26. The Labute approximate surface area is 106 Å². The number of hydrogen-bond acceptors (Lipinski definition) is 3. The van der Waals surface area contributed by atoms with Crippen LogP contribution in [0.15, 0.2) is 18.2 Å². The van der Waals surface area contributed by atoms with E-state index in [0.29, 0.717) is 10.8 Å². The topological polar surface area (TPSA) is 58.6 Å². The Kier molecular flexibility index (Phi) is 5.25. The second-order valence-corrected chi connectivity index (χ2v) is 4.09. The molecule has 1 aromatic carbocycles. The van der Waals surface area contributed by atoms with Crippen molar-refractivity contribution in [3.05, 3.63) is 28.8 Å². The number of carbonyl (C=O) groups is 1. The number of nitrogens with one attached hydrogen (secondary N) is 1. The maximum Gasteiger partial charge on any atom is 0.260 e. The van der Waals surface area contributed by atoms with Crippen LogP contribution in [0, 0.1) is 6.92 Å². The van der Waals surface area contributed by atoms with Crippen molar-refractivity contribution in [1.29, 1.82) is 0 Å². The molecule has 0 aromatic heterocycles. The molecule has 0 heterocycles. The summed E-state index contributed by atoms with van der Waals surface area (Å²) in [7, 11) is 0. The molecular formula is C12H16ClNO3. The Morgan fingerprint density at radius 2 is 2.29 bits per heavy atom. The van der Waals surface area contributed by atoms with E-state index in [1.807, 2.05) is 6.92 Å². The van der Waals surface area contributed by atoms with Crippen molar-refractivity contribution >= 4 is 17.5 Å². The fraction of sp³-hybridized carbons (Fsp3) is 0.417. The molecule has 5 heteroatoms. The number of carbonyl (C=O) groups excluding carboxylic acids is 1. The fourth-order valence-electron chi connectivity index (χ4n) is 1.27. The standard InChI is InChI=1S/C12H16ClNO3/c1-8-7-10(3-4-11(8)13)17-9(2)12(16)14-5-6-15/h3-4,7,9,15H,5-6H2,1-2H3,(H,14,16). The van der Waals surface area contributed by atoms with Crippen LogP contribution in [-0.4, -0.2) is 30.3 Å². The Morgan fingerprint density at radius 3 is 2.88 bits per heavy atom. The smallest absolute Gasteiger partial charge is 0.260 e. The van der Waals surface area contributed by atoms with Crippen LogP contribution in [0.1, 0.15) is 12.5 Å². The number of amides is 1. The van der Waals surface area contributed by atoms with E-state index in [1.54, 1.807) is 25.1 Å². The highest BCUT2D eigenvalue weighted by Crippen LogP contribution is 2.21. The van der Waals surface area contributed by atoms with Gasteiger partial charge in [0.25, 0.3) is 5.91 Å². The van der Waals surface area contributed by atoms with Gasteiger partial charge in [-0.15, -0.1) is 0 Å². The molecule has 0 saturated heterocycles. The van der Waals surface area contributed by atoms with Crippen molar-refractivity contribution in [2.45, 2.75) is 20.0 Å². The van der Waals surface area contributed by atoms with Gasteiger partial charge in [-0.3, -0.25) is 4.79 Å². The molecule has 17 heavy (non-hydrogen) atoms. The lowest BCUT2D eigenvalue weighted by Crippen LogP contribution is -2.37. The lowest BCUT2D eigenvalue weighted by molar-refractivity contribution is -0.127. The summed E-state index contributed by atoms with van der Waals surface area (Å²) in [6.45, 7) is 3.66. The minimum absolute atomic E-state index is 0.0848. The molecule has 4 nitrogen and oxygen atoms in total. The maximum atomic E-state index is 11.5. The highest BCUT2D eigenvalue weighted by Gasteiger charge is 2.13. The Morgan fingerprint density at radius 1 is 1.59 bits per heavy atom. The first kappa shape index (κ1) is 13.8. The van der Waals surface area contributed by atoms with Crippen LogP contribution in [0.5, 0.6) is 5.75 Å². The van der Waals surface area contributed by atoms with Gasteiger partial charge in [-0.2, -0.15) is 0 Å². The zero-order chi connectivity index (χ0) is 12.8. The van der Waals surface area contributed by atoms with Gasteiger partial charge in [-0.25, -0.2) is 0 Å². The van der Waals surface area contributed by atoms with Gasteiger partial charge in [-0.1, -0.05) is 11.6 Å². The van der Waals surface area contributed by atoms with E-state index < -0.39 is 6.10 Å². The summed E-state index contributed by atoms with van der Waals surface area (Å²) in [6.07, 6.45) is -0.609. The summed E-state index contributed by atoms with van der Waals surface area (Å²) in [4.78, 5) is 11.5. The third kappa shape index (κ3) is 4.24. The third-order valence-electron chi connectivity index (χ3n) is 2.22. The van der Waals surface area contributed by atoms with Gasteiger partial charge in [0.1, 0.15) is 5.75 Å². The summed E-state index contributed by atoms with van der Waals surface area (Å²) in [6, 6.07) is 5.22. The van der Waals surface area contributed by atoms with Crippen LogP contribution >= 0.6 is 11.6 Å². The fourth-order valence-corrected chi connectivity index (χ4v) is 1.39. The number of halogens is 1. The zero-order valence-corrected chi connectivity index (χ0v) is 10.6. The highest BCUT2D eigenvalue weighted by atomic mass is 35.5. The van der Waals surface area contributed by atoms with Crippen molar-refractivity contribution in [3.8, 4) is 5.75 Å². The number of ether oxygens (including phenoxy) is 1. The predicted octanol–water partition coefficient (Wildman–Crippen LogP) is 1.52. The van der Waals surface area contributed by atoms with Gasteiger partial charge < -0.3 is 15.2 Å². The maximum absolute atomic E-state index is 11.5. The van der Waals surface area contributed by atoms with Crippen molar-refractivity contribution in [3.63, 3.8) is 0 Å². The molecule has 2 N–H and O–H groups in total. The molecule has 1 amide bonds. The molecule has 0 radical (unpaired) electrons. The van der Waals surface area contributed by atoms with Crippen LogP contribution in [0.3, 0.4) is 0 Å². The third-order valence-corrected chi connectivity index (χ3v) is 2.65. The molecule has 94 valence electrons. The van der Waals surface area contributed by atoms with E-state index in [-0.39, 0.29) is 19.1 Å². The summed E-state index contributed by atoms with van der Waals surface area (Å²) in [5, 5.41) is 11.8. The van der Waals surface area contributed by atoms with Crippen LogP contribution in [0.4, 0.5) is 0 Å². The first-order valence-corrected chi connectivity index (χ1v) is 5.73. The van der Waals surface area contributed by atoms with Gasteiger partial charge in [0.15, 0.2) is 6.10 Å². The molecule has 1 aromatic rings. The van der Waals surface area contributed by atoms with Crippen LogP contribution in [0.25, 0.3) is 0 Å². The van der Waals surface area contributed by atoms with Crippen molar-refractivity contribution in [2.24, 2.45) is 0 Å². The first-order chi connectivity index (χ1) is 8.04. The molecule has 0 fully saturated rings. The van der Waals surface area contributed by atoms with Crippen LogP contribution < -0.4 is 10.1 Å². The van der Waals surface area contributed by atoms with Crippen molar-refractivity contribution in [1.82, 2.24) is 5.32 Å². The lowest BCUT2D eigenvalue weighted by Gasteiger charge is -2.14. The number of rotatable bonds is 5. The van der Waals surface area contributed by atoms with E-state index in [2.05, 4.69) is 5.32 Å². The zero-order valence-electron chi connectivity index (χ0n) is 9.87. The van der Waals surface area contributed by atoms with Gasteiger partial charge in [0, 0.05) is 11.6 Å². The highest BCUT2D eigenvalue weighted by molar-refractivity contribution is 6.31. The molecular weight excluding hydrogens is 242 g/mol. The number of hydrogen-bond donors (Lipinski definition) is 2. The second kappa shape index (κ2) is 6.47. The van der Waals surface area contributed by atoms with E-state index >= 15 is 0 Å². The lowest BCUT2D eigenvalue weighted by atomic mass is 10.2. The molecule has 0 aliphatic heterocycles. The number of aliphatic hydroxyl groups excluding tert-OH is 1. The average Bonchev–Trinajstić information content (AvgIpc) is 2.30. The molecule has 0 spiro atoms. The predicted molar refractivity (Wildman–Crippen MR) is 66.4 cm³/mol. The molecule has 1 unspecified atom stereocenters. The first-order valence-electron chi connectivity index (χ1n) is 5.36. The summed E-state index contributed by atoms with van der Waals surface area (Å²) in [5.74, 6) is 0.338. The quantitative estimate of drug-likeness (QED) is 0.841. The van der Waals surface area contributed by atoms with E-state index in [1.165, 1.54) is 0 Å². The minimum atomic E-state index is -0.609. The SMILES string of the molecule is Cc1cc(OC(C)C(=O)NCCO)ccc1Cl.